The Morgan fingerprint density at radius 1 is 1.32 bits per heavy atom. The first-order chi connectivity index (χ1) is 12.0. The van der Waals surface area contributed by atoms with Crippen LogP contribution in [0.2, 0.25) is 0 Å². The molecule has 3 aliphatic rings. The van der Waals surface area contributed by atoms with E-state index in [4.69, 9.17) is 14.2 Å². The summed E-state index contributed by atoms with van der Waals surface area (Å²) in [5.74, 6) is -0.722. The average molecular weight is 343 g/mol. The van der Waals surface area contributed by atoms with Crippen LogP contribution in [0.4, 0.5) is 0 Å². The van der Waals surface area contributed by atoms with Gasteiger partial charge < -0.3 is 19.1 Å². The van der Waals surface area contributed by atoms with Crippen molar-refractivity contribution < 1.29 is 23.8 Å². The van der Waals surface area contributed by atoms with Crippen LogP contribution in [0.15, 0.2) is 36.4 Å². The Labute approximate surface area is 146 Å². The molecule has 1 spiro atoms. The van der Waals surface area contributed by atoms with Crippen LogP contribution in [0.25, 0.3) is 0 Å². The zero-order valence-electron chi connectivity index (χ0n) is 14.5. The van der Waals surface area contributed by atoms with Crippen LogP contribution in [0, 0.1) is 11.8 Å². The lowest BCUT2D eigenvalue weighted by molar-refractivity contribution is -0.151. The van der Waals surface area contributed by atoms with Crippen molar-refractivity contribution in [2.75, 3.05) is 20.8 Å². The van der Waals surface area contributed by atoms with Crippen LogP contribution in [0.3, 0.4) is 0 Å². The lowest BCUT2D eigenvalue weighted by atomic mass is 9.77. The van der Waals surface area contributed by atoms with Crippen LogP contribution < -0.4 is 4.74 Å². The molecule has 3 heterocycles. The summed E-state index contributed by atoms with van der Waals surface area (Å²) in [7, 11) is 2.97. The molecule has 6 nitrogen and oxygen atoms in total. The van der Waals surface area contributed by atoms with Gasteiger partial charge in [0.05, 0.1) is 38.8 Å². The summed E-state index contributed by atoms with van der Waals surface area (Å²) in [4.78, 5) is 27.1. The molecule has 2 saturated heterocycles. The van der Waals surface area contributed by atoms with E-state index in [1.165, 1.54) is 7.11 Å². The van der Waals surface area contributed by atoms with Crippen LogP contribution in [0.1, 0.15) is 18.5 Å². The van der Waals surface area contributed by atoms with E-state index < -0.39 is 17.4 Å². The summed E-state index contributed by atoms with van der Waals surface area (Å²) in [5.41, 5.74) is 0.306. The zero-order valence-corrected chi connectivity index (χ0v) is 14.5. The second-order valence-electron chi connectivity index (χ2n) is 6.84. The molecule has 3 aliphatic heterocycles. The van der Waals surface area contributed by atoms with Crippen LogP contribution in [0.5, 0.6) is 5.75 Å². The lowest BCUT2D eigenvalue weighted by Gasteiger charge is -2.27. The monoisotopic (exact) mass is 343 g/mol. The summed E-state index contributed by atoms with van der Waals surface area (Å²) in [5, 5.41) is 0. The molecule has 0 unspecified atom stereocenters. The van der Waals surface area contributed by atoms with Crippen molar-refractivity contribution in [3.8, 4) is 5.75 Å². The van der Waals surface area contributed by atoms with Gasteiger partial charge in [-0.25, -0.2) is 0 Å². The van der Waals surface area contributed by atoms with Gasteiger partial charge in [0.1, 0.15) is 17.3 Å². The van der Waals surface area contributed by atoms with E-state index in [0.29, 0.717) is 6.54 Å². The number of hydrogen-bond donors (Lipinski definition) is 0. The number of ether oxygens (including phenoxy) is 3. The minimum atomic E-state index is -0.707. The fourth-order valence-electron chi connectivity index (χ4n) is 4.32. The van der Waals surface area contributed by atoms with Crippen LogP contribution >= 0.6 is 0 Å². The highest BCUT2D eigenvalue weighted by molar-refractivity contribution is 5.91. The molecule has 6 heteroatoms. The smallest absolute Gasteiger partial charge is 0.312 e. The van der Waals surface area contributed by atoms with E-state index >= 15 is 0 Å². The first-order valence-corrected chi connectivity index (χ1v) is 8.40. The molecule has 5 atom stereocenters. The van der Waals surface area contributed by atoms with Crippen LogP contribution in [-0.2, 0) is 19.1 Å². The van der Waals surface area contributed by atoms with Crippen molar-refractivity contribution in [3.63, 3.8) is 0 Å². The Hall–Kier alpha value is -2.34. The minimum Gasteiger partial charge on any atom is -0.497 e. The Morgan fingerprint density at radius 3 is 2.68 bits per heavy atom. The molecular formula is C19H21NO5. The minimum absolute atomic E-state index is 0.0504. The lowest BCUT2D eigenvalue weighted by Crippen LogP contribution is -2.39. The summed E-state index contributed by atoms with van der Waals surface area (Å²) in [6, 6.07) is 7.55. The molecule has 0 radical (unpaired) electrons. The first-order valence-electron chi connectivity index (χ1n) is 8.40. The number of likely N-dealkylation sites (tertiary alicyclic amines) is 1. The number of carbonyl (C=O) groups is 2. The molecular weight excluding hydrogens is 322 g/mol. The predicted molar refractivity (Wildman–Crippen MR) is 88.9 cm³/mol. The number of benzene rings is 1. The van der Waals surface area contributed by atoms with E-state index in [1.807, 2.05) is 43.3 Å². The first kappa shape index (κ1) is 16.1. The van der Waals surface area contributed by atoms with Crippen molar-refractivity contribution in [2.45, 2.75) is 24.7 Å². The summed E-state index contributed by atoms with van der Waals surface area (Å²) >= 11 is 0. The van der Waals surface area contributed by atoms with Gasteiger partial charge in [0.25, 0.3) is 0 Å². The predicted octanol–water partition coefficient (Wildman–Crippen LogP) is 1.71. The highest BCUT2D eigenvalue weighted by Crippen LogP contribution is 2.53. The van der Waals surface area contributed by atoms with E-state index in [0.717, 1.165) is 11.3 Å². The van der Waals surface area contributed by atoms with Crippen molar-refractivity contribution in [2.24, 2.45) is 11.8 Å². The number of amides is 1. The Balaban J connectivity index is 1.62. The van der Waals surface area contributed by atoms with Gasteiger partial charge in [0.2, 0.25) is 5.91 Å². The molecule has 1 amide bonds. The fraction of sp³-hybridized carbons (Fsp3) is 0.474. The number of fused-ring (bicyclic) bond motifs is 1. The maximum atomic E-state index is 13.1. The zero-order chi connectivity index (χ0) is 17.8. The molecule has 2 fully saturated rings. The second kappa shape index (κ2) is 5.59. The maximum Gasteiger partial charge on any atom is 0.312 e. The maximum absolute atomic E-state index is 13.1. The fourth-order valence-corrected chi connectivity index (χ4v) is 4.32. The van der Waals surface area contributed by atoms with Gasteiger partial charge in [-0.1, -0.05) is 24.3 Å². The largest absolute Gasteiger partial charge is 0.497 e. The van der Waals surface area contributed by atoms with Gasteiger partial charge in [0.15, 0.2) is 0 Å². The molecule has 0 aromatic heterocycles. The number of rotatable bonds is 4. The number of nitrogens with zero attached hydrogens (tertiary/aromatic N) is 1. The molecule has 25 heavy (non-hydrogen) atoms. The summed E-state index contributed by atoms with van der Waals surface area (Å²) < 4.78 is 16.1. The second-order valence-corrected chi connectivity index (χ2v) is 6.84. The highest BCUT2D eigenvalue weighted by atomic mass is 16.5. The molecule has 132 valence electrons. The Bertz CT molecular complexity index is 743. The third kappa shape index (κ3) is 2.20. The third-order valence-electron chi connectivity index (χ3n) is 5.67. The molecule has 2 bridgehead atoms. The van der Waals surface area contributed by atoms with E-state index in [2.05, 4.69) is 0 Å². The molecule has 0 saturated carbocycles. The number of hydrogen-bond acceptors (Lipinski definition) is 5. The summed E-state index contributed by atoms with van der Waals surface area (Å²) in [6.45, 7) is 2.44. The Morgan fingerprint density at radius 2 is 2.04 bits per heavy atom. The van der Waals surface area contributed by atoms with Crippen molar-refractivity contribution in [1.29, 1.82) is 0 Å². The number of methoxy groups -OCH3 is 2. The number of esters is 1. The van der Waals surface area contributed by atoms with Crippen molar-refractivity contribution >= 4 is 11.9 Å². The third-order valence-corrected chi connectivity index (χ3v) is 5.67. The average Bonchev–Trinajstić information content (AvgIpc) is 3.29. The van der Waals surface area contributed by atoms with E-state index in [9.17, 15) is 9.59 Å². The quantitative estimate of drug-likeness (QED) is 0.615. The topological polar surface area (TPSA) is 65.1 Å². The van der Waals surface area contributed by atoms with E-state index in [1.54, 1.807) is 12.0 Å². The Kier molecular flexibility index (Phi) is 3.61. The highest BCUT2D eigenvalue weighted by Gasteiger charge is 2.67. The molecule has 1 aromatic carbocycles. The van der Waals surface area contributed by atoms with Crippen molar-refractivity contribution in [1.82, 2.24) is 4.90 Å². The molecule has 4 rings (SSSR count). The number of carbonyl (C=O) groups excluding carboxylic acids is 2. The molecule has 0 N–H and O–H groups in total. The van der Waals surface area contributed by atoms with Gasteiger partial charge in [0, 0.05) is 0 Å². The van der Waals surface area contributed by atoms with Gasteiger partial charge in [-0.15, -0.1) is 0 Å². The SMILES string of the molecule is COC(=O)[C@@H]1[C@@H]2C=C[C@@]3(CN([C@H](C)c4ccc(OC)cc4)C(=O)[C@@H]13)O2. The van der Waals surface area contributed by atoms with Crippen molar-refractivity contribution in [3.05, 3.63) is 42.0 Å². The van der Waals surface area contributed by atoms with Crippen LogP contribution in [-0.4, -0.2) is 49.2 Å². The normalized spacial score (nSPS) is 33.5. The molecule has 1 aromatic rings. The summed E-state index contributed by atoms with van der Waals surface area (Å²) in [6.07, 6.45) is 3.47. The van der Waals surface area contributed by atoms with Gasteiger partial charge in [-0.3, -0.25) is 9.59 Å². The van der Waals surface area contributed by atoms with Gasteiger partial charge in [-0.05, 0) is 24.6 Å². The van der Waals surface area contributed by atoms with Gasteiger partial charge >= 0.3 is 5.97 Å². The van der Waals surface area contributed by atoms with Gasteiger partial charge in [-0.2, -0.15) is 0 Å². The standard InChI is InChI=1S/C19H21NO5/c1-11(12-4-6-13(23-2)7-5-12)20-10-19-9-8-14(25-19)15(18(22)24-3)16(19)17(20)21/h4-9,11,14-16H,10H2,1-3H3/t11-,14+,15-,16-,19+/m1/s1. The van der Waals surface area contributed by atoms with E-state index in [-0.39, 0.29) is 24.0 Å². The molecule has 0 aliphatic carbocycles.